The van der Waals surface area contributed by atoms with Crippen molar-refractivity contribution >= 4 is 17.1 Å². The fourth-order valence-corrected chi connectivity index (χ4v) is 9.59. The molecular weight excluding hydrogens is 591 g/mol. The molecule has 7 aromatic rings. The van der Waals surface area contributed by atoms with Crippen molar-refractivity contribution < 1.29 is 0 Å². The third-order valence-electron chi connectivity index (χ3n) is 11.7. The molecule has 7 aromatic carbocycles. The number of nitrogens with zero attached hydrogens (tertiary/aromatic N) is 1. The normalized spacial score (nSPS) is 17.3. The Balaban J connectivity index is 1.16. The molecule has 0 aliphatic heterocycles. The maximum Gasteiger partial charge on any atom is 0.0470 e. The first-order valence-corrected chi connectivity index (χ1v) is 17.6. The van der Waals surface area contributed by atoms with Gasteiger partial charge in [0.2, 0.25) is 0 Å². The second-order valence-electron chi connectivity index (χ2n) is 14.5. The summed E-state index contributed by atoms with van der Waals surface area (Å²) in [6.45, 7) is 4.75. The van der Waals surface area contributed by atoms with Gasteiger partial charge < -0.3 is 4.90 Å². The maximum absolute atomic E-state index is 2.50. The lowest BCUT2D eigenvalue weighted by Crippen LogP contribution is -2.24. The van der Waals surface area contributed by atoms with E-state index in [4.69, 9.17) is 0 Å². The van der Waals surface area contributed by atoms with Crippen LogP contribution in [0, 0.1) is 0 Å². The molecule has 0 bridgehead atoms. The molecule has 0 amide bonds. The molecule has 1 heteroatoms. The van der Waals surface area contributed by atoms with Crippen molar-refractivity contribution in [3.63, 3.8) is 0 Å². The van der Waals surface area contributed by atoms with Crippen LogP contribution < -0.4 is 4.90 Å². The molecule has 3 aliphatic rings. The molecule has 1 nitrogen and oxygen atoms in total. The molecule has 10 rings (SSSR count). The summed E-state index contributed by atoms with van der Waals surface area (Å²) >= 11 is 0. The number of para-hydroxylation sites is 1. The third kappa shape index (κ3) is 3.93. The van der Waals surface area contributed by atoms with Crippen molar-refractivity contribution in [3.8, 4) is 33.4 Å². The summed E-state index contributed by atoms with van der Waals surface area (Å²) in [7, 11) is 0. The quantitative estimate of drug-likeness (QED) is 0.188. The Labute approximate surface area is 289 Å². The minimum Gasteiger partial charge on any atom is -0.310 e. The highest BCUT2D eigenvalue weighted by Gasteiger charge is 2.48. The maximum atomic E-state index is 2.50. The first-order chi connectivity index (χ1) is 24.1. The smallest absolute Gasteiger partial charge is 0.0470 e. The van der Waals surface area contributed by atoms with E-state index in [9.17, 15) is 0 Å². The van der Waals surface area contributed by atoms with Crippen molar-refractivity contribution in [2.75, 3.05) is 4.90 Å². The number of benzene rings is 7. The molecular formula is C48H37N. The van der Waals surface area contributed by atoms with E-state index in [1.165, 1.54) is 72.4 Å². The van der Waals surface area contributed by atoms with Gasteiger partial charge in [0.05, 0.1) is 0 Å². The number of rotatable bonds is 4. The van der Waals surface area contributed by atoms with Gasteiger partial charge in [0.15, 0.2) is 0 Å². The second kappa shape index (κ2) is 10.4. The van der Waals surface area contributed by atoms with Crippen LogP contribution in [0.2, 0.25) is 0 Å². The number of anilines is 3. The van der Waals surface area contributed by atoms with Gasteiger partial charge in [-0.2, -0.15) is 0 Å². The summed E-state index contributed by atoms with van der Waals surface area (Å²) in [5, 5.41) is 0. The van der Waals surface area contributed by atoms with Gasteiger partial charge in [-0.3, -0.25) is 0 Å². The summed E-state index contributed by atoms with van der Waals surface area (Å²) < 4.78 is 0. The summed E-state index contributed by atoms with van der Waals surface area (Å²) in [6.07, 6.45) is 2.19. The van der Waals surface area contributed by atoms with E-state index in [-0.39, 0.29) is 10.8 Å². The Bertz CT molecular complexity index is 2430. The summed E-state index contributed by atoms with van der Waals surface area (Å²) in [6, 6.07) is 61.2. The van der Waals surface area contributed by atoms with Crippen LogP contribution in [0.1, 0.15) is 53.6 Å². The average molecular weight is 628 g/mol. The van der Waals surface area contributed by atoms with Crippen LogP contribution in [-0.2, 0) is 17.3 Å². The first-order valence-electron chi connectivity index (χ1n) is 17.6. The van der Waals surface area contributed by atoms with E-state index >= 15 is 0 Å². The predicted molar refractivity (Wildman–Crippen MR) is 204 cm³/mol. The molecule has 1 unspecified atom stereocenters. The van der Waals surface area contributed by atoms with Gasteiger partial charge in [-0.1, -0.05) is 141 Å². The largest absolute Gasteiger partial charge is 0.310 e. The lowest BCUT2D eigenvalue weighted by molar-refractivity contribution is 0.626. The zero-order valence-corrected chi connectivity index (χ0v) is 27.9. The lowest BCUT2D eigenvalue weighted by Gasteiger charge is -2.31. The second-order valence-corrected chi connectivity index (χ2v) is 14.5. The Morgan fingerprint density at radius 1 is 0.429 bits per heavy atom. The van der Waals surface area contributed by atoms with Crippen molar-refractivity contribution in [2.24, 2.45) is 0 Å². The van der Waals surface area contributed by atoms with Crippen molar-refractivity contribution in [1.82, 2.24) is 0 Å². The molecule has 49 heavy (non-hydrogen) atoms. The van der Waals surface area contributed by atoms with Gasteiger partial charge in [-0.25, -0.2) is 0 Å². The highest BCUT2D eigenvalue weighted by atomic mass is 15.1. The van der Waals surface area contributed by atoms with Crippen LogP contribution in [0.5, 0.6) is 0 Å². The Morgan fingerprint density at radius 3 is 1.86 bits per heavy atom. The van der Waals surface area contributed by atoms with Crippen molar-refractivity contribution in [3.05, 3.63) is 197 Å². The molecule has 0 N–H and O–H groups in total. The van der Waals surface area contributed by atoms with Gasteiger partial charge in [-0.15, -0.1) is 0 Å². The number of aryl methyl sites for hydroxylation is 1. The zero-order valence-electron chi connectivity index (χ0n) is 27.9. The minimum atomic E-state index is -0.131. The SMILES string of the molecule is CC1(C)c2ccccc2-c2cccc(-c3cccc(N(c4ccccc4)c4ccc5c(c4)C4(CCc6ccccc64)c4ccccc4-5)c3)c21. The van der Waals surface area contributed by atoms with Gasteiger partial charge in [-0.05, 0) is 116 Å². The summed E-state index contributed by atoms with van der Waals surface area (Å²) in [4.78, 5) is 2.45. The Kier molecular flexibility index (Phi) is 6.03. The van der Waals surface area contributed by atoms with Crippen LogP contribution in [-0.4, -0.2) is 0 Å². The van der Waals surface area contributed by atoms with Crippen LogP contribution in [0.25, 0.3) is 33.4 Å². The summed E-state index contributed by atoms with van der Waals surface area (Å²) in [5.74, 6) is 0. The predicted octanol–water partition coefficient (Wildman–Crippen LogP) is 12.4. The minimum absolute atomic E-state index is 0.0848. The van der Waals surface area contributed by atoms with Gasteiger partial charge in [0, 0.05) is 27.9 Å². The molecule has 1 atom stereocenters. The third-order valence-corrected chi connectivity index (χ3v) is 11.7. The topological polar surface area (TPSA) is 3.24 Å². The standard InChI is InChI=1S/C48H37N/c1-47(2)43-24-10-7-20-39(43)41-22-13-21-37(46(41)47)33-15-12-18-35(30-33)49(34-16-4-3-5-17-34)36-26-27-40-38-19-8-11-25-44(38)48(45(40)31-36)29-28-32-14-6-9-23-42(32)48/h3-27,30-31H,28-29H2,1-2H3. The molecule has 0 heterocycles. The fourth-order valence-electron chi connectivity index (χ4n) is 9.59. The summed E-state index contributed by atoms with van der Waals surface area (Å²) in [5.41, 5.74) is 19.9. The molecule has 0 saturated heterocycles. The van der Waals surface area contributed by atoms with Gasteiger partial charge >= 0.3 is 0 Å². The fraction of sp³-hybridized carbons (Fsp3) is 0.125. The van der Waals surface area contributed by atoms with E-state index in [1.807, 2.05) is 0 Å². The monoisotopic (exact) mass is 627 g/mol. The van der Waals surface area contributed by atoms with Gasteiger partial charge in [0.25, 0.3) is 0 Å². The number of hydrogen-bond donors (Lipinski definition) is 0. The number of fused-ring (bicyclic) bond motifs is 10. The van der Waals surface area contributed by atoms with E-state index in [1.54, 1.807) is 0 Å². The Morgan fingerprint density at radius 2 is 1.02 bits per heavy atom. The van der Waals surface area contributed by atoms with Crippen LogP contribution in [0.15, 0.2) is 164 Å². The Hall–Kier alpha value is -5.66. The molecule has 3 aliphatic carbocycles. The lowest BCUT2D eigenvalue weighted by atomic mass is 9.73. The molecule has 0 aromatic heterocycles. The molecule has 1 spiro atoms. The highest BCUT2D eigenvalue weighted by molar-refractivity contribution is 5.91. The molecule has 0 fully saturated rings. The molecule has 0 saturated carbocycles. The van der Waals surface area contributed by atoms with Crippen LogP contribution in [0.3, 0.4) is 0 Å². The first kappa shape index (κ1) is 28.4. The van der Waals surface area contributed by atoms with Crippen molar-refractivity contribution in [1.29, 1.82) is 0 Å². The van der Waals surface area contributed by atoms with E-state index in [0.29, 0.717) is 0 Å². The average Bonchev–Trinajstić information content (AvgIpc) is 3.76. The molecule has 234 valence electrons. The van der Waals surface area contributed by atoms with E-state index in [0.717, 1.165) is 24.2 Å². The number of hydrogen-bond acceptors (Lipinski definition) is 1. The molecule has 0 radical (unpaired) electrons. The van der Waals surface area contributed by atoms with Crippen molar-refractivity contribution in [2.45, 2.75) is 37.5 Å². The van der Waals surface area contributed by atoms with E-state index < -0.39 is 0 Å². The van der Waals surface area contributed by atoms with E-state index in [2.05, 4.69) is 183 Å². The zero-order chi connectivity index (χ0) is 32.7. The van der Waals surface area contributed by atoms with Gasteiger partial charge in [0.1, 0.15) is 0 Å². The van der Waals surface area contributed by atoms with Crippen LogP contribution in [0.4, 0.5) is 17.1 Å². The highest BCUT2D eigenvalue weighted by Crippen LogP contribution is 2.59. The van der Waals surface area contributed by atoms with Crippen LogP contribution >= 0.6 is 0 Å².